The summed E-state index contributed by atoms with van der Waals surface area (Å²) < 4.78 is 5.44. The van der Waals surface area contributed by atoms with Crippen molar-refractivity contribution in [1.82, 2.24) is 20.0 Å². The summed E-state index contributed by atoms with van der Waals surface area (Å²) in [6, 6.07) is 10.8. The van der Waals surface area contributed by atoms with E-state index < -0.39 is 0 Å². The van der Waals surface area contributed by atoms with Crippen molar-refractivity contribution in [3.05, 3.63) is 69.0 Å². The van der Waals surface area contributed by atoms with Gasteiger partial charge in [0, 0.05) is 47.4 Å². The van der Waals surface area contributed by atoms with Gasteiger partial charge in [-0.25, -0.2) is 0 Å². The number of aromatic nitrogens is 3. The largest absolute Gasteiger partial charge is 0.339 e. The molecule has 0 aliphatic carbocycles. The van der Waals surface area contributed by atoms with Crippen molar-refractivity contribution in [3.63, 3.8) is 0 Å². The molecule has 0 bridgehead atoms. The molecule has 0 radical (unpaired) electrons. The van der Waals surface area contributed by atoms with Crippen LogP contribution in [0.25, 0.3) is 22.3 Å². The number of thiophene rings is 1. The zero-order valence-corrected chi connectivity index (χ0v) is 17.0. The zero-order valence-electron chi connectivity index (χ0n) is 16.2. The molecular formula is C22H20N4O3S. The first-order chi connectivity index (χ1) is 14.7. The summed E-state index contributed by atoms with van der Waals surface area (Å²) >= 11 is 1.59. The Kier molecular flexibility index (Phi) is 4.92. The third kappa shape index (κ3) is 3.66. The molecule has 1 aromatic carbocycles. The van der Waals surface area contributed by atoms with Crippen molar-refractivity contribution >= 4 is 28.1 Å². The highest BCUT2D eigenvalue weighted by atomic mass is 32.1. The molecular weight excluding hydrogens is 400 g/mol. The van der Waals surface area contributed by atoms with Crippen molar-refractivity contribution in [3.8, 4) is 11.4 Å². The molecule has 5 rings (SSSR count). The minimum Gasteiger partial charge on any atom is -0.339 e. The molecule has 1 N–H and O–H groups in total. The first-order valence-corrected chi connectivity index (χ1v) is 10.9. The van der Waals surface area contributed by atoms with Gasteiger partial charge in [0.05, 0.1) is 5.56 Å². The van der Waals surface area contributed by atoms with E-state index in [4.69, 9.17) is 4.52 Å². The van der Waals surface area contributed by atoms with E-state index >= 15 is 0 Å². The number of carbonyl (C=O) groups is 1. The number of amides is 1. The van der Waals surface area contributed by atoms with Crippen molar-refractivity contribution in [2.45, 2.75) is 19.3 Å². The Morgan fingerprint density at radius 1 is 1.30 bits per heavy atom. The smallest absolute Gasteiger partial charge is 0.254 e. The number of likely N-dealkylation sites (tertiary alicyclic amines) is 1. The molecule has 0 saturated carbocycles. The van der Waals surface area contributed by atoms with Gasteiger partial charge in [-0.2, -0.15) is 16.3 Å². The molecule has 0 spiro atoms. The average Bonchev–Trinajstić information content (AvgIpc) is 3.45. The number of hydrogen-bond donors (Lipinski definition) is 1. The zero-order chi connectivity index (χ0) is 20.5. The molecule has 8 heteroatoms. The van der Waals surface area contributed by atoms with Gasteiger partial charge in [-0.05, 0) is 36.3 Å². The van der Waals surface area contributed by atoms with Crippen LogP contribution in [0.4, 0.5) is 0 Å². The monoisotopic (exact) mass is 420 g/mol. The maximum absolute atomic E-state index is 13.2. The van der Waals surface area contributed by atoms with Gasteiger partial charge in [0.25, 0.3) is 5.91 Å². The molecule has 1 saturated heterocycles. The number of H-pyrrole nitrogens is 1. The number of fused-ring (bicyclic) bond motifs is 1. The van der Waals surface area contributed by atoms with Crippen LogP contribution in [0.2, 0.25) is 0 Å². The maximum Gasteiger partial charge on any atom is 0.254 e. The van der Waals surface area contributed by atoms with Gasteiger partial charge in [-0.15, -0.1) is 0 Å². The summed E-state index contributed by atoms with van der Waals surface area (Å²) in [5, 5.41) is 8.80. The fourth-order valence-electron chi connectivity index (χ4n) is 4.06. The van der Waals surface area contributed by atoms with Crippen LogP contribution >= 0.6 is 11.3 Å². The van der Waals surface area contributed by atoms with Crippen LogP contribution in [0, 0.1) is 5.92 Å². The van der Waals surface area contributed by atoms with E-state index in [-0.39, 0.29) is 17.4 Å². The minimum atomic E-state index is -0.266. The third-order valence-corrected chi connectivity index (χ3v) is 6.18. The van der Waals surface area contributed by atoms with Crippen molar-refractivity contribution in [2.24, 2.45) is 5.92 Å². The lowest BCUT2D eigenvalue weighted by molar-refractivity contribution is 0.0670. The molecule has 152 valence electrons. The van der Waals surface area contributed by atoms with E-state index in [9.17, 15) is 9.59 Å². The molecule has 1 aliphatic rings. The first kappa shape index (κ1) is 18.7. The van der Waals surface area contributed by atoms with Crippen molar-refractivity contribution < 1.29 is 9.32 Å². The van der Waals surface area contributed by atoms with Crippen molar-refractivity contribution in [2.75, 3.05) is 13.1 Å². The molecule has 4 aromatic rings. The van der Waals surface area contributed by atoms with Gasteiger partial charge in [-0.3, -0.25) is 9.59 Å². The highest BCUT2D eigenvalue weighted by Crippen LogP contribution is 2.25. The first-order valence-electron chi connectivity index (χ1n) is 9.94. The van der Waals surface area contributed by atoms with Crippen molar-refractivity contribution in [1.29, 1.82) is 0 Å². The SMILES string of the molecule is O=C(c1cc(=O)[nH]c2ccccc12)N1CCC[C@H](Cc2nc(-c3ccsc3)no2)C1. The average molecular weight is 420 g/mol. The van der Waals surface area contributed by atoms with E-state index in [0.29, 0.717) is 42.3 Å². The molecule has 0 unspecified atom stereocenters. The summed E-state index contributed by atoms with van der Waals surface area (Å²) in [6.07, 6.45) is 2.54. The Labute approximate surface area is 176 Å². The number of rotatable bonds is 4. The summed E-state index contributed by atoms with van der Waals surface area (Å²) in [7, 11) is 0. The predicted octanol–water partition coefficient (Wildman–Crippen LogP) is 3.73. The number of nitrogens with zero attached hydrogens (tertiary/aromatic N) is 3. The summed E-state index contributed by atoms with van der Waals surface area (Å²) in [4.78, 5) is 34.4. The molecule has 1 aliphatic heterocycles. The molecule has 3 aromatic heterocycles. The van der Waals surface area contributed by atoms with Gasteiger partial charge >= 0.3 is 0 Å². The lowest BCUT2D eigenvalue weighted by Gasteiger charge is -2.32. The number of nitrogens with one attached hydrogen (secondary N) is 1. The number of para-hydroxylation sites is 1. The fourth-order valence-corrected chi connectivity index (χ4v) is 4.70. The second-order valence-electron chi connectivity index (χ2n) is 7.58. The molecule has 1 fully saturated rings. The second-order valence-corrected chi connectivity index (χ2v) is 8.36. The molecule has 1 atom stereocenters. The lowest BCUT2D eigenvalue weighted by Crippen LogP contribution is -2.41. The molecule has 1 amide bonds. The standard InChI is InChI=1S/C22H20N4O3S/c27-19-11-17(16-5-1-2-6-18(16)23-19)22(28)26-8-3-4-14(12-26)10-20-24-21(25-29-20)15-7-9-30-13-15/h1-2,5-7,9,11,13-14H,3-4,8,10,12H2,(H,23,27)/t14-/m1/s1. The highest BCUT2D eigenvalue weighted by Gasteiger charge is 2.27. The summed E-state index contributed by atoms with van der Waals surface area (Å²) in [6.45, 7) is 1.29. The van der Waals surface area contributed by atoms with E-state index in [1.807, 2.05) is 46.0 Å². The van der Waals surface area contributed by atoms with Crippen LogP contribution in [0.1, 0.15) is 29.1 Å². The molecule has 30 heavy (non-hydrogen) atoms. The number of carbonyl (C=O) groups excluding carboxylic acids is 1. The van der Waals surface area contributed by atoms with Crippen LogP contribution in [0.15, 0.2) is 56.5 Å². The number of benzene rings is 1. The maximum atomic E-state index is 13.2. The quantitative estimate of drug-likeness (QED) is 0.543. The number of aromatic amines is 1. The van der Waals surface area contributed by atoms with E-state index in [2.05, 4.69) is 15.1 Å². The number of piperidine rings is 1. The third-order valence-electron chi connectivity index (χ3n) is 5.50. The molecule has 7 nitrogen and oxygen atoms in total. The number of hydrogen-bond acceptors (Lipinski definition) is 6. The van der Waals surface area contributed by atoms with Gasteiger partial charge < -0.3 is 14.4 Å². The Hall–Kier alpha value is -3.26. The van der Waals surface area contributed by atoms with E-state index in [0.717, 1.165) is 23.8 Å². The van der Waals surface area contributed by atoms with E-state index in [1.165, 1.54) is 6.07 Å². The minimum absolute atomic E-state index is 0.105. The van der Waals surface area contributed by atoms with E-state index in [1.54, 1.807) is 11.3 Å². The Morgan fingerprint density at radius 3 is 3.07 bits per heavy atom. The van der Waals surface area contributed by atoms with Crippen LogP contribution < -0.4 is 5.56 Å². The van der Waals surface area contributed by atoms with Crippen LogP contribution in [-0.4, -0.2) is 39.0 Å². The van der Waals surface area contributed by atoms with Gasteiger partial charge in [0.1, 0.15) is 0 Å². The Bertz CT molecular complexity index is 1240. The van der Waals surface area contributed by atoms with Crippen LogP contribution in [0.5, 0.6) is 0 Å². The van der Waals surface area contributed by atoms with Crippen LogP contribution in [0.3, 0.4) is 0 Å². The highest BCUT2D eigenvalue weighted by molar-refractivity contribution is 7.08. The molecule has 4 heterocycles. The Balaban J connectivity index is 1.33. The Morgan fingerprint density at radius 2 is 2.20 bits per heavy atom. The number of pyridine rings is 1. The lowest BCUT2D eigenvalue weighted by atomic mass is 9.94. The van der Waals surface area contributed by atoms with Gasteiger partial charge in [0.15, 0.2) is 0 Å². The van der Waals surface area contributed by atoms with Crippen LogP contribution in [-0.2, 0) is 6.42 Å². The normalized spacial score (nSPS) is 16.8. The van der Waals surface area contributed by atoms with Gasteiger partial charge in [0.2, 0.25) is 17.3 Å². The van der Waals surface area contributed by atoms with Gasteiger partial charge in [-0.1, -0.05) is 23.4 Å². The second kappa shape index (κ2) is 7.87. The summed E-state index contributed by atoms with van der Waals surface area (Å²) in [5.74, 6) is 1.33. The predicted molar refractivity (Wildman–Crippen MR) is 115 cm³/mol. The fraction of sp³-hybridized carbons (Fsp3) is 0.273. The topological polar surface area (TPSA) is 92.1 Å². The summed E-state index contributed by atoms with van der Waals surface area (Å²) in [5.41, 5.74) is 1.82.